The first-order valence-electron chi connectivity index (χ1n) is 7.07. The summed E-state index contributed by atoms with van der Waals surface area (Å²) in [5.74, 6) is 1.44. The van der Waals surface area contributed by atoms with Gasteiger partial charge in [0, 0.05) is 6.04 Å². The Bertz CT molecular complexity index is 567. The van der Waals surface area contributed by atoms with Crippen LogP contribution in [0.3, 0.4) is 0 Å². The third-order valence-corrected chi connectivity index (χ3v) is 5.88. The van der Waals surface area contributed by atoms with E-state index < -0.39 is 10.0 Å². The van der Waals surface area contributed by atoms with E-state index >= 15 is 0 Å². The first-order chi connectivity index (χ1) is 9.02. The van der Waals surface area contributed by atoms with E-state index in [0.717, 1.165) is 23.5 Å². The molecule has 19 heavy (non-hydrogen) atoms. The lowest BCUT2D eigenvalue weighted by molar-refractivity contribution is 0.390. The molecule has 3 rings (SSSR count). The van der Waals surface area contributed by atoms with Gasteiger partial charge in [0.15, 0.2) is 0 Å². The minimum Gasteiger partial charge on any atom is -0.212 e. The minimum atomic E-state index is -3.21. The molecule has 2 bridgehead atoms. The van der Waals surface area contributed by atoms with E-state index in [-0.39, 0.29) is 11.8 Å². The Kier molecular flexibility index (Phi) is 3.39. The molecule has 4 heteroatoms. The fraction of sp³-hybridized carbons (Fsp3) is 0.600. The number of hydrogen-bond donors (Lipinski definition) is 1. The van der Waals surface area contributed by atoms with Gasteiger partial charge in [0.05, 0.1) is 5.75 Å². The summed E-state index contributed by atoms with van der Waals surface area (Å²) in [5.41, 5.74) is 1.98. The van der Waals surface area contributed by atoms with Crippen molar-refractivity contribution in [1.29, 1.82) is 0 Å². The minimum absolute atomic E-state index is 0.0998. The highest BCUT2D eigenvalue weighted by Gasteiger charge is 2.40. The smallest absolute Gasteiger partial charge is 0.212 e. The highest BCUT2D eigenvalue weighted by molar-refractivity contribution is 7.88. The first-order valence-corrected chi connectivity index (χ1v) is 8.72. The van der Waals surface area contributed by atoms with Gasteiger partial charge in [-0.15, -0.1) is 0 Å². The summed E-state index contributed by atoms with van der Waals surface area (Å²) < 4.78 is 27.4. The summed E-state index contributed by atoms with van der Waals surface area (Å²) in [6.45, 7) is 1.99. The number of hydrogen-bond acceptors (Lipinski definition) is 2. The molecule has 1 aromatic rings. The number of rotatable bonds is 4. The summed E-state index contributed by atoms with van der Waals surface area (Å²) in [5, 5.41) is 0. The van der Waals surface area contributed by atoms with Crippen LogP contribution in [0.5, 0.6) is 0 Å². The molecule has 0 amide bonds. The van der Waals surface area contributed by atoms with Crippen molar-refractivity contribution in [2.45, 2.75) is 44.4 Å². The zero-order valence-electron chi connectivity index (χ0n) is 11.3. The Labute approximate surface area is 115 Å². The van der Waals surface area contributed by atoms with Gasteiger partial charge < -0.3 is 0 Å². The summed E-state index contributed by atoms with van der Waals surface area (Å²) in [7, 11) is -3.21. The third kappa shape index (κ3) is 3.00. The van der Waals surface area contributed by atoms with Crippen molar-refractivity contribution < 1.29 is 8.42 Å². The molecule has 0 saturated heterocycles. The lowest BCUT2D eigenvalue weighted by atomic mass is 9.96. The fourth-order valence-corrected chi connectivity index (χ4v) is 5.13. The molecule has 0 unspecified atom stereocenters. The second-order valence-corrected chi connectivity index (χ2v) is 7.90. The molecule has 2 saturated carbocycles. The van der Waals surface area contributed by atoms with Crippen LogP contribution in [0.25, 0.3) is 0 Å². The van der Waals surface area contributed by atoms with Crippen LogP contribution in [-0.2, 0) is 15.8 Å². The SMILES string of the molecule is Cc1cccc(CS(=O)(=O)N[C@@H]2C[C@@H]3CC[C@@H]2C3)c1. The summed E-state index contributed by atoms with van der Waals surface area (Å²) in [4.78, 5) is 0. The zero-order valence-corrected chi connectivity index (χ0v) is 12.1. The average Bonchev–Trinajstić information content (AvgIpc) is 2.89. The molecule has 0 heterocycles. The second kappa shape index (κ2) is 4.91. The van der Waals surface area contributed by atoms with Gasteiger partial charge in [0.2, 0.25) is 10.0 Å². The number of aryl methyl sites for hydroxylation is 1. The van der Waals surface area contributed by atoms with E-state index in [9.17, 15) is 8.42 Å². The molecule has 0 spiro atoms. The van der Waals surface area contributed by atoms with Crippen molar-refractivity contribution in [3.8, 4) is 0 Å². The van der Waals surface area contributed by atoms with Gasteiger partial charge in [-0.05, 0) is 43.6 Å². The van der Waals surface area contributed by atoms with Gasteiger partial charge in [0.25, 0.3) is 0 Å². The number of benzene rings is 1. The maximum atomic E-state index is 12.2. The largest absolute Gasteiger partial charge is 0.216 e. The number of sulfonamides is 1. The van der Waals surface area contributed by atoms with Gasteiger partial charge in [-0.1, -0.05) is 36.2 Å². The van der Waals surface area contributed by atoms with E-state index in [1.807, 2.05) is 31.2 Å². The summed E-state index contributed by atoms with van der Waals surface area (Å²) >= 11 is 0. The van der Waals surface area contributed by atoms with Crippen LogP contribution in [0.1, 0.15) is 36.8 Å². The molecule has 0 radical (unpaired) electrons. The quantitative estimate of drug-likeness (QED) is 0.921. The lowest BCUT2D eigenvalue weighted by Gasteiger charge is -2.22. The van der Waals surface area contributed by atoms with Gasteiger partial charge in [-0.25, -0.2) is 13.1 Å². The van der Waals surface area contributed by atoms with Crippen molar-refractivity contribution in [2.75, 3.05) is 0 Å². The van der Waals surface area contributed by atoms with E-state index in [1.165, 1.54) is 19.3 Å². The molecule has 0 aromatic heterocycles. The maximum Gasteiger partial charge on any atom is 0.216 e. The molecular formula is C15H21NO2S. The molecule has 3 nitrogen and oxygen atoms in total. The monoisotopic (exact) mass is 279 g/mol. The Morgan fingerprint density at radius 2 is 2.11 bits per heavy atom. The first kappa shape index (κ1) is 13.1. The van der Waals surface area contributed by atoms with E-state index in [1.54, 1.807) is 0 Å². The molecule has 1 N–H and O–H groups in total. The number of fused-ring (bicyclic) bond motifs is 2. The fourth-order valence-electron chi connectivity index (χ4n) is 3.68. The average molecular weight is 279 g/mol. The molecule has 2 aliphatic rings. The highest BCUT2D eigenvalue weighted by Crippen LogP contribution is 2.44. The highest BCUT2D eigenvalue weighted by atomic mass is 32.2. The topological polar surface area (TPSA) is 46.2 Å². The molecule has 2 fully saturated rings. The van der Waals surface area contributed by atoms with Gasteiger partial charge in [0.1, 0.15) is 0 Å². The summed E-state index contributed by atoms with van der Waals surface area (Å²) in [6.07, 6.45) is 4.75. The van der Waals surface area contributed by atoms with Crippen molar-refractivity contribution in [3.05, 3.63) is 35.4 Å². The molecule has 1 aromatic carbocycles. The van der Waals surface area contributed by atoms with Gasteiger partial charge in [-0.3, -0.25) is 0 Å². The summed E-state index contributed by atoms with van der Waals surface area (Å²) in [6, 6.07) is 7.91. The van der Waals surface area contributed by atoms with E-state index in [0.29, 0.717) is 5.92 Å². The van der Waals surface area contributed by atoms with Crippen LogP contribution in [0, 0.1) is 18.8 Å². The van der Waals surface area contributed by atoms with Crippen LogP contribution in [0.15, 0.2) is 24.3 Å². The van der Waals surface area contributed by atoms with Crippen LogP contribution >= 0.6 is 0 Å². The molecule has 0 aliphatic heterocycles. The normalized spacial score (nSPS) is 29.8. The lowest BCUT2D eigenvalue weighted by Crippen LogP contribution is -2.39. The predicted molar refractivity (Wildman–Crippen MR) is 76.2 cm³/mol. The van der Waals surface area contributed by atoms with Crippen LogP contribution in [0.4, 0.5) is 0 Å². The molecule has 3 atom stereocenters. The van der Waals surface area contributed by atoms with Crippen molar-refractivity contribution >= 4 is 10.0 Å². The Balaban J connectivity index is 1.66. The standard InChI is InChI=1S/C15H21NO2S/c1-11-3-2-4-13(7-11)10-19(17,18)16-15-9-12-5-6-14(15)8-12/h2-4,7,12,14-16H,5-6,8-10H2,1H3/t12-,14-,15-/m1/s1. The van der Waals surface area contributed by atoms with Crippen molar-refractivity contribution in [2.24, 2.45) is 11.8 Å². The van der Waals surface area contributed by atoms with E-state index in [2.05, 4.69) is 4.72 Å². The van der Waals surface area contributed by atoms with Crippen LogP contribution in [-0.4, -0.2) is 14.5 Å². The van der Waals surface area contributed by atoms with Crippen molar-refractivity contribution in [3.63, 3.8) is 0 Å². The van der Waals surface area contributed by atoms with Gasteiger partial charge in [-0.2, -0.15) is 0 Å². The zero-order chi connectivity index (χ0) is 13.5. The Hall–Kier alpha value is -0.870. The predicted octanol–water partition coefficient (Wildman–Crippen LogP) is 2.60. The van der Waals surface area contributed by atoms with Gasteiger partial charge >= 0.3 is 0 Å². The second-order valence-electron chi connectivity index (χ2n) is 6.15. The van der Waals surface area contributed by atoms with Crippen LogP contribution in [0.2, 0.25) is 0 Å². The number of nitrogens with one attached hydrogen (secondary N) is 1. The Morgan fingerprint density at radius 3 is 2.74 bits per heavy atom. The van der Waals surface area contributed by atoms with Crippen LogP contribution < -0.4 is 4.72 Å². The van der Waals surface area contributed by atoms with Crippen molar-refractivity contribution in [1.82, 2.24) is 4.72 Å². The van der Waals surface area contributed by atoms with E-state index in [4.69, 9.17) is 0 Å². The Morgan fingerprint density at radius 1 is 1.26 bits per heavy atom. The third-order valence-electron chi connectivity index (χ3n) is 4.51. The maximum absolute atomic E-state index is 12.2. The molecule has 2 aliphatic carbocycles. The molecular weight excluding hydrogens is 258 g/mol. The molecule has 104 valence electrons.